The van der Waals surface area contributed by atoms with Crippen LogP contribution >= 0.6 is 27.3 Å². The molecule has 1 aromatic carbocycles. The third kappa shape index (κ3) is 3.42. The highest BCUT2D eigenvalue weighted by atomic mass is 79.9. The molecule has 0 radical (unpaired) electrons. The molecule has 0 saturated heterocycles. The number of thiazole rings is 1. The van der Waals surface area contributed by atoms with E-state index in [0.29, 0.717) is 5.92 Å². The number of halogens is 1. The first-order chi connectivity index (χ1) is 7.88. The van der Waals surface area contributed by atoms with E-state index < -0.39 is 0 Å². The quantitative estimate of drug-likeness (QED) is 0.762. The zero-order chi connectivity index (χ0) is 11.2. The van der Waals surface area contributed by atoms with Crippen molar-refractivity contribution in [2.24, 2.45) is 5.92 Å². The van der Waals surface area contributed by atoms with Gasteiger partial charge in [-0.1, -0.05) is 46.3 Å². The molecule has 2 aromatic rings. The molecule has 0 aliphatic rings. The molecule has 3 heteroatoms. The Morgan fingerprint density at radius 2 is 2.00 bits per heavy atom. The van der Waals surface area contributed by atoms with Crippen LogP contribution in [0.1, 0.15) is 10.4 Å². The first-order valence-corrected chi connectivity index (χ1v) is 7.36. The average Bonchev–Trinajstić information content (AvgIpc) is 2.82. The SMILES string of the molecule is BrCC(Cc1ccccc1)Cc1cncs1. The summed E-state index contributed by atoms with van der Waals surface area (Å²) in [4.78, 5) is 5.50. The Balaban J connectivity index is 1.96. The molecule has 0 spiro atoms. The summed E-state index contributed by atoms with van der Waals surface area (Å²) in [6, 6.07) is 10.7. The van der Waals surface area contributed by atoms with Crippen molar-refractivity contribution in [3.05, 3.63) is 52.5 Å². The molecule has 2 rings (SSSR count). The zero-order valence-corrected chi connectivity index (χ0v) is 11.4. The van der Waals surface area contributed by atoms with Crippen LogP contribution in [0.4, 0.5) is 0 Å². The van der Waals surface area contributed by atoms with Crippen LogP contribution < -0.4 is 0 Å². The molecule has 1 unspecified atom stereocenters. The smallest absolute Gasteiger partial charge is 0.0794 e. The van der Waals surface area contributed by atoms with E-state index in [2.05, 4.69) is 51.2 Å². The lowest BCUT2D eigenvalue weighted by Crippen LogP contribution is -2.09. The molecule has 0 fully saturated rings. The van der Waals surface area contributed by atoms with Crippen molar-refractivity contribution >= 4 is 27.3 Å². The Hall–Kier alpha value is -0.670. The first kappa shape index (κ1) is 11.8. The average molecular weight is 296 g/mol. The molecule has 1 heterocycles. The minimum Gasteiger partial charge on any atom is -0.253 e. The summed E-state index contributed by atoms with van der Waals surface area (Å²) >= 11 is 5.35. The molecule has 0 aliphatic heterocycles. The molecular formula is C13H14BrNS. The number of alkyl halides is 1. The molecular weight excluding hydrogens is 282 g/mol. The van der Waals surface area contributed by atoms with Crippen LogP contribution in [0.25, 0.3) is 0 Å². The van der Waals surface area contributed by atoms with Gasteiger partial charge < -0.3 is 0 Å². The lowest BCUT2D eigenvalue weighted by atomic mass is 9.98. The lowest BCUT2D eigenvalue weighted by Gasteiger charge is -2.12. The predicted molar refractivity (Wildman–Crippen MR) is 73.2 cm³/mol. The van der Waals surface area contributed by atoms with Crippen molar-refractivity contribution in [1.82, 2.24) is 4.98 Å². The molecule has 0 amide bonds. The van der Waals surface area contributed by atoms with Crippen molar-refractivity contribution in [2.75, 3.05) is 5.33 Å². The molecule has 1 atom stereocenters. The Morgan fingerprint density at radius 1 is 1.19 bits per heavy atom. The number of aromatic nitrogens is 1. The monoisotopic (exact) mass is 295 g/mol. The maximum absolute atomic E-state index is 4.12. The molecule has 0 N–H and O–H groups in total. The van der Waals surface area contributed by atoms with Crippen molar-refractivity contribution in [2.45, 2.75) is 12.8 Å². The zero-order valence-electron chi connectivity index (χ0n) is 8.97. The van der Waals surface area contributed by atoms with Gasteiger partial charge in [0.15, 0.2) is 0 Å². The number of nitrogens with zero attached hydrogens (tertiary/aromatic N) is 1. The van der Waals surface area contributed by atoms with E-state index in [1.165, 1.54) is 10.4 Å². The molecule has 16 heavy (non-hydrogen) atoms. The fourth-order valence-corrected chi connectivity index (χ4v) is 2.92. The minimum absolute atomic E-state index is 0.655. The van der Waals surface area contributed by atoms with Gasteiger partial charge in [-0.3, -0.25) is 4.98 Å². The van der Waals surface area contributed by atoms with E-state index in [0.717, 1.165) is 18.2 Å². The van der Waals surface area contributed by atoms with Gasteiger partial charge in [0.1, 0.15) is 0 Å². The highest BCUT2D eigenvalue weighted by molar-refractivity contribution is 9.09. The van der Waals surface area contributed by atoms with Gasteiger partial charge in [0.05, 0.1) is 5.51 Å². The van der Waals surface area contributed by atoms with Crippen LogP contribution in [-0.4, -0.2) is 10.3 Å². The second-order valence-electron chi connectivity index (χ2n) is 3.88. The van der Waals surface area contributed by atoms with E-state index in [1.807, 2.05) is 11.7 Å². The number of rotatable bonds is 5. The summed E-state index contributed by atoms with van der Waals surface area (Å²) in [5.74, 6) is 0.655. The van der Waals surface area contributed by atoms with Crippen LogP contribution in [0, 0.1) is 5.92 Å². The normalized spacial score (nSPS) is 12.6. The van der Waals surface area contributed by atoms with Crippen molar-refractivity contribution in [3.63, 3.8) is 0 Å². The first-order valence-electron chi connectivity index (χ1n) is 5.35. The van der Waals surface area contributed by atoms with Crippen LogP contribution in [0.2, 0.25) is 0 Å². The molecule has 84 valence electrons. The fourth-order valence-electron chi connectivity index (χ4n) is 1.76. The van der Waals surface area contributed by atoms with E-state index in [9.17, 15) is 0 Å². The second kappa shape index (κ2) is 6.16. The Kier molecular flexibility index (Phi) is 4.55. The van der Waals surface area contributed by atoms with E-state index in [1.54, 1.807) is 11.3 Å². The summed E-state index contributed by atoms with van der Waals surface area (Å²) in [6.07, 6.45) is 4.22. The molecule has 0 aliphatic carbocycles. The fraction of sp³-hybridized carbons (Fsp3) is 0.308. The van der Waals surface area contributed by atoms with E-state index >= 15 is 0 Å². The molecule has 1 aromatic heterocycles. The minimum atomic E-state index is 0.655. The van der Waals surface area contributed by atoms with Crippen LogP contribution in [0.5, 0.6) is 0 Å². The highest BCUT2D eigenvalue weighted by Gasteiger charge is 2.10. The summed E-state index contributed by atoms with van der Waals surface area (Å²) in [7, 11) is 0. The van der Waals surface area contributed by atoms with E-state index in [4.69, 9.17) is 0 Å². The Morgan fingerprint density at radius 3 is 2.62 bits per heavy atom. The van der Waals surface area contributed by atoms with Gasteiger partial charge in [-0.25, -0.2) is 0 Å². The van der Waals surface area contributed by atoms with Gasteiger partial charge in [0.2, 0.25) is 0 Å². The van der Waals surface area contributed by atoms with Gasteiger partial charge in [0, 0.05) is 16.4 Å². The third-order valence-electron chi connectivity index (χ3n) is 2.56. The van der Waals surface area contributed by atoms with Crippen LogP contribution in [-0.2, 0) is 12.8 Å². The topological polar surface area (TPSA) is 12.9 Å². The van der Waals surface area contributed by atoms with Crippen molar-refractivity contribution < 1.29 is 0 Å². The van der Waals surface area contributed by atoms with Crippen molar-refractivity contribution in [3.8, 4) is 0 Å². The Bertz CT molecular complexity index is 399. The second-order valence-corrected chi connectivity index (χ2v) is 5.50. The van der Waals surface area contributed by atoms with Gasteiger partial charge >= 0.3 is 0 Å². The maximum Gasteiger partial charge on any atom is 0.0794 e. The third-order valence-corrected chi connectivity index (χ3v) is 4.28. The van der Waals surface area contributed by atoms with Crippen molar-refractivity contribution in [1.29, 1.82) is 0 Å². The lowest BCUT2D eigenvalue weighted by molar-refractivity contribution is 0.596. The summed E-state index contributed by atoms with van der Waals surface area (Å²) in [5.41, 5.74) is 3.32. The summed E-state index contributed by atoms with van der Waals surface area (Å²) < 4.78 is 0. The van der Waals surface area contributed by atoms with Gasteiger partial charge in [-0.15, -0.1) is 11.3 Å². The summed E-state index contributed by atoms with van der Waals surface area (Å²) in [6.45, 7) is 0. The predicted octanol–water partition coefficient (Wildman–Crippen LogP) is 3.94. The van der Waals surface area contributed by atoms with Crippen LogP contribution in [0.3, 0.4) is 0 Å². The van der Waals surface area contributed by atoms with Gasteiger partial charge in [0.25, 0.3) is 0 Å². The Labute approximate surface area is 109 Å². The maximum atomic E-state index is 4.12. The molecule has 0 saturated carbocycles. The molecule has 0 bridgehead atoms. The van der Waals surface area contributed by atoms with E-state index in [-0.39, 0.29) is 0 Å². The largest absolute Gasteiger partial charge is 0.253 e. The van der Waals surface area contributed by atoms with Gasteiger partial charge in [-0.05, 0) is 24.3 Å². The number of hydrogen-bond donors (Lipinski definition) is 0. The summed E-state index contributed by atoms with van der Waals surface area (Å²) in [5, 5.41) is 1.04. The van der Waals surface area contributed by atoms with Gasteiger partial charge in [-0.2, -0.15) is 0 Å². The number of hydrogen-bond acceptors (Lipinski definition) is 2. The standard InChI is InChI=1S/C13H14BrNS/c14-8-12(7-13-9-15-10-16-13)6-11-4-2-1-3-5-11/h1-5,9-10,12H,6-8H2. The highest BCUT2D eigenvalue weighted by Crippen LogP contribution is 2.18. The number of benzene rings is 1. The molecule has 1 nitrogen and oxygen atoms in total. The van der Waals surface area contributed by atoms with Crippen LogP contribution in [0.15, 0.2) is 42.0 Å².